The van der Waals surface area contributed by atoms with Crippen LogP contribution in [0.15, 0.2) is 35.9 Å². The molecule has 51 heavy (non-hydrogen) atoms. The largest absolute Gasteiger partial charge is 0.495 e. The summed E-state index contributed by atoms with van der Waals surface area (Å²) in [4.78, 5) is 56.2. The Morgan fingerprint density at radius 3 is 2.55 bits per heavy atom. The zero-order valence-corrected chi connectivity index (χ0v) is 32.4. The average molecular weight is 752 g/mol. The molecule has 0 saturated carbocycles. The number of rotatable bonds is 7. The van der Waals surface area contributed by atoms with Crippen molar-refractivity contribution >= 4 is 52.9 Å². The Bertz CT molecular complexity index is 1570. The van der Waals surface area contributed by atoms with Crippen LogP contribution in [-0.4, -0.2) is 115 Å². The van der Waals surface area contributed by atoms with Crippen LogP contribution in [0.25, 0.3) is 0 Å². The van der Waals surface area contributed by atoms with E-state index in [9.17, 15) is 24.3 Å². The molecule has 4 bridgehead atoms. The topological polar surface area (TPSA) is 156 Å². The number of fused-ring (bicyclic) bond motifs is 5. The zero-order valence-electron chi connectivity index (χ0n) is 30.9. The van der Waals surface area contributed by atoms with E-state index in [1.807, 2.05) is 13.0 Å². The van der Waals surface area contributed by atoms with Crippen LogP contribution < -0.4 is 15.0 Å². The van der Waals surface area contributed by atoms with Crippen molar-refractivity contribution in [3.8, 4) is 5.75 Å². The number of amides is 3. The normalized spacial score (nSPS) is 30.9. The molecule has 2 fully saturated rings. The molecule has 282 valence electrons. The zero-order chi connectivity index (χ0) is 38.0. The highest BCUT2D eigenvalue weighted by molar-refractivity contribution is 7.99. The molecule has 9 atom stereocenters. The van der Waals surface area contributed by atoms with Crippen LogP contribution in [-0.2, 0) is 39.8 Å². The maximum atomic E-state index is 14.1. The van der Waals surface area contributed by atoms with Gasteiger partial charge in [-0.25, -0.2) is 9.59 Å². The van der Waals surface area contributed by atoms with Gasteiger partial charge < -0.3 is 38.6 Å². The van der Waals surface area contributed by atoms with Gasteiger partial charge in [0.15, 0.2) is 5.72 Å². The predicted octanol–water partition coefficient (Wildman–Crippen LogP) is 4.27. The summed E-state index contributed by atoms with van der Waals surface area (Å²) in [6.07, 6.45) is 2.79. The van der Waals surface area contributed by atoms with Gasteiger partial charge in [-0.05, 0) is 58.1 Å². The number of carbonyl (C=O) groups excluding carboxylic acids is 4. The maximum absolute atomic E-state index is 14.1. The van der Waals surface area contributed by atoms with Crippen LogP contribution >= 0.6 is 23.4 Å². The molecule has 13 nitrogen and oxygen atoms in total. The lowest BCUT2D eigenvalue weighted by Gasteiger charge is -2.42. The first-order valence-electron chi connectivity index (χ1n) is 16.8. The molecule has 9 unspecified atom stereocenters. The van der Waals surface area contributed by atoms with E-state index in [4.69, 9.17) is 35.3 Å². The molecule has 3 aliphatic rings. The van der Waals surface area contributed by atoms with E-state index in [0.717, 1.165) is 11.1 Å². The molecule has 4 rings (SSSR count). The number of alkyl carbamates (subject to hydrolysis) is 1. The van der Waals surface area contributed by atoms with E-state index in [1.165, 1.54) is 42.8 Å². The summed E-state index contributed by atoms with van der Waals surface area (Å²) in [5.74, 6) is -1.54. The van der Waals surface area contributed by atoms with Crippen LogP contribution in [0, 0.1) is 5.92 Å². The molecule has 3 aliphatic heterocycles. The van der Waals surface area contributed by atoms with Crippen molar-refractivity contribution in [3.05, 3.63) is 46.5 Å². The van der Waals surface area contributed by atoms with E-state index < -0.39 is 65.7 Å². The van der Waals surface area contributed by atoms with Gasteiger partial charge in [-0.2, -0.15) is 11.8 Å². The van der Waals surface area contributed by atoms with Crippen molar-refractivity contribution in [2.24, 2.45) is 5.92 Å². The second kappa shape index (κ2) is 16.2. The number of methoxy groups -OCH3 is 2. The minimum absolute atomic E-state index is 0.0464. The van der Waals surface area contributed by atoms with Crippen molar-refractivity contribution in [2.75, 3.05) is 39.5 Å². The third kappa shape index (κ3) is 8.68. The Balaban J connectivity index is 1.78. The van der Waals surface area contributed by atoms with Crippen LogP contribution in [0.2, 0.25) is 5.02 Å². The summed E-state index contributed by atoms with van der Waals surface area (Å²) in [7, 11) is 6.03. The van der Waals surface area contributed by atoms with Gasteiger partial charge in [0.05, 0.1) is 30.6 Å². The van der Waals surface area contributed by atoms with Gasteiger partial charge in [0.25, 0.3) is 0 Å². The van der Waals surface area contributed by atoms with Crippen LogP contribution in [0.5, 0.6) is 5.75 Å². The van der Waals surface area contributed by atoms with Gasteiger partial charge in [-0.1, -0.05) is 42.3 Å². The number of likely N-dealkylation sites (N-methyl/N-ethyl adjacent to an activating group) is 1. The van der Waals surface area contributed by atoms with Gasteiger partial charge in [0.2, 0.25) is 11.8 Å². The highest BCUT2D eigenvalue weighted by Gasteiger charge is 2.64. The molecule has 0 aliphatic carbocycles. The van der Waals surface area contributed by atoms with E-state index in [2.05, 4.69) is 5.32 Å². The Labute approximate surface area is 308 Å². The van der Waals surface area contributed by atoms with Gasteiger partial charge in [-0.3, -0.25) is 14.9 Å². The molecule has 3 amide bonds. The predicted molar refractivity (Wildman–Crippen MR) is 194 cm³/mol. The lowest BCUT2D eigenvalue weighted by Crippen LogP contribution is -2.63. The number of hydrogen-bond donors (Lipinski definition) is 2. The fourth-order valence-corrected chi connectivity index (χ4v) is 7.26. The fraction of sp³-hybridized carbons (Fsp3) is 0.611. The Hall–Kier alpha value is -3.30. The Morgan fingerprint density at radius 1 is 1.24 bits per heavy atom. The smallest absolute Gasteiger partial charge is 0.409 e. The number of allylic oxidation sites excluding steroid dienone is 3. The molecule has 1 aromatic carbocycles. The van der Waals surface area contributed by atoms with Gasteiger partial charge in [-0.15, -0.1) is 0 Å². The quantitative estimate of drug-likeness (QED) is 0.303. The van der Waals surface area contributed by atoms with Crippen LogP contribution in [0.3, 0.4) is 0 Å². The first-order chi connectivity index (χ1) is 23.9. The number of epoxide rings is 1. The number of nitrogens with zero attached hydrogens (tertiary/aromatic N) is 2. The molecular weight excluding hydrogens is 702 g/mol. The summed E-state index contributed by atoms with van der Waals surface area (Å²) in [5.41, 5.74) is -0.891. The third-order valence-electron chi connectivity index (χ3n) is 10.2. The van der Waals surface area contributed by atoms with Crippen molar-refractivity contribution in [1.82, 2.24) is 10.2 Å². The number of carbonyl (C=O) groups is 4. The Morgan fingerprint density at radius 2 is 1.92 bits per heavy atom. The number of esters is 1. The average Bonchev–Trinajstić information content (AvgIpc) is 3.79. The highest BCUT2D eigenvalue weighted by atomic mass is 35.5. The van der Waals surface area contributed by atoms with Crippen LogP contribution in [0.4, 0.5) is 10.5 Å². The summed E-state index contributed by atoms with van der Waals surface area (Å²) in [5, 5.41) is 14.1. The number of benzene rings is 1. The number of nitrogens with one attached hydrogen (secondary N) is 1. The number of thioether (sulfide) groups is 1. The maximum Gasteiger partial charge on any atom is 0.409 e. The van der Waals surface area contributed by atoms with Crippen LogP contribution in [0.1, 0.15) is 53.0 Å². The molecule has 2 N–H and O–H groups in total. The minimum Gasteiger partial charge on any atom is -0.495 e. The standard InChI is InChI=1S/C36H50ClN3O10S/c1-19-12-11-13-27(47-9)36(45)18-26(48-34(44)38-36)20(2)31-35(5,50-31)28(49-33(43)21(3)39(6)32(42)22(4)51-10)17-29(41)40(7)24-15-23(14-19)16-25(46-8)30(24)37/h11-13,15-16,20-22,26-28,31,45H,14,17-18H2,1-10H3,(H,38,44). The first kappa shape index (κ1) is 40.5. The molecular formula is C36H50ClN3O10S. The number of aliphatic hydroxyl groups is 1. The van der Waals surface area contributed by atoms with E-state index in [-0.39, 0.29) is 29.0 Å². The van der Waals surface area contributed by atoms with Crippen molar-refractivity contribution in [2.45, 2.75) is 101 Å². The lowest BCUT2D eigenvalue weighted by atomic mass is 9.83. The van der Waals surface area contributed by atoms with E-state index in [1.54, 1.807) is 65.3 Å². The third-order valence-corrected chi connectivity index (χ3v) is 11.5. The van der Waals surface area contributed by atoms with Gasteiger partial charge >= 0.3 is 12.1 Å². The van der Waals surface area contributed by atoms with Crippen molar-refractivity contribution < 1.29 is 48.0 Å². The van der Waals surface area contributed by atoms with Gasteiger partial charge in [0, 0.05) is 33.5 Å². The van der Waals surface area contributed by atoms with Crippen molar-refractivity contribution in [1.29, 1.82) is 0 Å². The summed E-state index contributed by atoms with van der Waals surface area (Å²) >= 11 is 8.10. The molecule has 0 radical (unpaired) electrons. The van der Waals surface area contributed by atoms with E-state index in [0.29, 0.717) is 17.9 Å². The second-order valence-electron chi connectivity index (χ2n) is 13.7. The molecule has 15 heteroatoms. The van der Waals surface area contributed by atoms with E-state index >= 15 is 0 Å². The number of anilines is 1. The van der Waals surface area contributed by atoms with Crippen molar-refractivity contribution in [3.63, 3.8) is 0 Å². The van der Waals surface area contributed by atoms with Gasteiger partial charge in [0.1, 0.15) is 40.7 Å². The summed E-state index contributed by atoms with van der Waals surface area (Å²) in [6, 6.07) is 2.62. The fourth-order valence-electron chi connectivity index (χ4n) is 6.58. The number of hydrogen-bond acceptors (Lipinski definition) is 11. The molecule has 2 saturated heterocycles. The number of halogens is 1. The Kier molecular flexibility index (Phi) is 12.8. The summed E-state index contributed by atoms with van der Waals surface area (Å²) in [6.45, 7) is 8.76. The SMILES string of the molecule is COc1cc2cc(c1Cl)N(C)C(=O)CC(OC(=O)C(C)N(C)C(=O)C(C)SC)C1(C)OC1C(C)C1CC(O)(NC(=O)O1)C(OC)C=CC=C(C)C2. The molecule has 3 heterocycles. The molecule has 1 aromatic rings. The minimum atomic E-state index is -1.82. The molecule has 0 spiro atoms. The number of ether oxygens (including phenoxy) is 5. The first-order valence-corrected chi connectivity index (χ1v) is 18.5. The lowest BCUT2D eigenvalue weighted by molar-refractivity contribution is -0.161. The summed E-state index contributed by atoms with van der Waals surface area (Å²) < 4.78 is 29.2. The second-order valence-corrected chi connectivity index (χ2v) is 15.3. The highest BCUT2D eigenvalue weighted by Crippen LogP contribution is 2.49. The monoisotopic (exact) mass is 751 g/mol. The molecule has 0 aromatic heterocycles.